The summed E-state index contributed by atoms with van der Waals surface area (Å²) in [7, 11) is 0. The lowest BCUT2D eigenvalue weighted by Gasteiger charge is -2.29. The molecule has 0 bridgehead atoms. The van der Waals surface area contributed by atoms with Crippen molar-refractivity contribution >= 4 is 111 Å². The molecule has 0 saturated heterocycles. The maximum Gasteiger partial charge on any atom is 0.346 e. The first-order chi connectivity index (χ1) is 29.0. The van der Waals surface area contributed by atoms with Gasteiger partial charge in [0.05, 0.1) is 12.3 Å². The van der Waals surface area contributed by atoms with Crippen LogP contribution in [0.1, 0.15) is 47.3 Å². The Morgan fingerprint density at radius 3 is 1.42 bits per heavy atom. The standard InChI is InChI=1S/C49H35N3O4S4/c1-30-25-31(2)47(32(3)26-30)52(36-11-5-33(6-12-36)9-15-38-17-21-43(57-38)45-23-19-40(59-45)27-35(29-50)48(53)54)37-13-7-34(8-14-37)10-16-39-18-22-44(58-39)46-24-20-41(60-46)28-42(51-4)49(55)56/h5-28H,1-3H3,(H,53,54)(H,55,56). The molecule has 0 atom stereocenters. The van der Waals surface area contributed by atoms with Crippen LogP contribution < -0.4 is 4.90 Å². The predicted octanol–water partition coefficient (Wildman–Crippen LogP) is 14.3. The van der Waals surface area contributed by atoms with E-state index in [1.54, 1.807) is 28.7 Å². The molecule has 4 aromatic heterocycles. The molecule has 60 heavy (non-hydrogen) atoms. The number of carboxylic acid groups (broad SMARTS) is 2. The molecule has 0 fully saturated rings. The smallest absolute Gasteiger partial charge is 0.346 e. The molecular weight excluding hydrogens is 823 g/mol. The van der Waals surface area contributed by atoms with Gasteiger partial charge in [-0.1, -0.05) is 54.1 Å². The summed E-state index contributed by atoms with van der Waals surface area (Å²) in [5, 5.41) is 27.5. The molecule has 11 heteroatoms. The summed E-state index contributed by atoms with van der Waals surface area (Å²) in [6, 6.07) is 39.1. The van der Waals surface area contributed by atoms with Gasteiger partial charge in [-0.3, -0.25) is 4.79 Å². The van der Waals surface area contributed by atoms with Gasteiger partial charge in [-0.25, -0.2) is 9.64 Å². The highest BCUT2D eigenvalue weighted by atomic mass is 32.1. The average molecular weight is 858 g/mol. The van der Waals surface area contributed by atoms with Crippen molar-refractivity contribution in [3.63, 3.8) is 0 Å². The maximum absolute atomic E-state index is 11.3. The lowest BCUT2D eigenvalue weighted by atomic mass is 10.0. The van der Waals surface area contributed by atoms with Crippen molar-refractivity contribution in [3.8, 4) is 25.6 Å². The van der Waals surface area contributed by atoms with E-state index in [-0.39, 0.29) is 11.3 Å². The summed E-state index contributed by atoms with van der Waals surface area (Å²) in [6.45, 7) is 13.5. The molecule has 0 unspecified atom stereocenters. The van der Waals surface area contributed by atoms with Crippen LogP contribution in [0.15, 0.2) is 120 Å². The third-order valence-electron chi connectivity index (χ3n) is 9.29. The highest BCUT2D eigenvalue weighted by molar-refractivity contribution is 7.23. The number of nitriles is 1. The summed E-state index contributed by atoms with van der Waals surface area (Å²) >= 11 is 6.21. The number of carboxylic acids is 2. The van der Waals surface area contributed by atoms with Gasteiger partial charge in [-0.05, 0) is 140 Å². The summed E-state index contributed by atoms with van der Waals surface area (Å²) in [5.74, 6) is -2.46. The summed E-state index contributed by atoms with van der Waals surface area (Å²) in [4.78, 5) is 35.7. The van der Waals surface area contributed by atoms with Crippen LogP contribution in [0.25, 0.3) is 60.8 Å². The van der Waals surface area contributed by atoms with E-state index in [9.17, 15) is 19.8 Å². The van der Waals surface area contributed by atoms with Crippen LogP contribution in [0.3, 0.4) is 0 Å². The van der Waals surface area contributed by atoms with Gasteiger partial charge in [0.2, 0.25) is 0 Å². The first-order valence-corrected chi connectivity index (χ1v) is 21.8. The van der Waals surface area contributed by atoms with E-state index in [0.717, 1.165) is 67.2 Å². The van der Waals surface area contributed by atoms with Gasteiger partial charge in [0.15, 0.2) is 0 Å². The van der Waals surface area contributed by atoms with Crippen LogP contribution in [-0.4, -0.2) is 22.2 Å². The van der Waals surface area contributed by atoms with Crippen molar-refractivity contribution in [2.45, 2.75) is 20.8 Å². The van der Waals surface area contributed by atoms with E-state index < -0.39 is 11.9 Å². The van der Waals surface area contributed by atoms with E-state index in [1.807, 2.05) is 24.3 Å². The van der Waals surface area contributed by atoms with E-state index in [2.05, 4.69) is 140 Å². The Morgan fingerprint density at radius 2 is 1.02 bits per heavy atom. The third kappa shape index (κ3) is 9.70. The second-order valence-corrected chi connectivity index (χ2v) is 18.1. The fraction of sp³-hybridized carbons (Fsp3) is 0.0612. The zero-order chi connectivity index (χ0) is 42.3. The second-order valence-electron chi connectivity index (χ2n) is 13.7. The number of hydrogen-bond donors (Lipinski definition) is 2. The molecule has 2 N–H and O–H groups in total. The highest BCUT2D eigenvalue weighted by Gasteiger charge is 2.18. The molecule has 0 amide bonds. The Bertz CT molecular complexity index is 2750. The first kappa shape index (κ1) is 41.3. The molecule has 0 aliphatic heterocycles. The van der Waals surface area contributed by atoms with Crippen molar-refractivity contribution < 1.29 is 19.8 Å². The summed E-state index contributed by atoms with van der Waals surface area (Å²) < 4.78 is 0. The van der Waals surface area contributed by atoms with Gasteiger partial charge in [0, 0.05) is 50.4 Å². The summed E-state index contributed by atoms with van der Waals surface area (Å²) in [6.07, 6.45) is 11.2. The Morgan fingerprint density at radius 1 is 0.600 bits per heavy atom. The van der Waals surface area contributed by atoms with Crippen LogP contribution >= 0.6 is 45.3 Å². The van der Waals surface area contributed by atoms with Gasteiger partial charge in [-0.2, -0.15) is 5.26 Å². The molecular formula is C49H35N3O4S4. The molecule has 0 spiro atoms. The van der Waals surface area contributed by atoms with Gasteiger partial charge in [0.25, 0.3) is 5.70 Å². The molecule has 0 aliphatic rings. The number of benzene rings is 3. The predicted molar refractivity (Wildman–Crippen MR) is 252 cm³/mol. The highest BCUT2D eigenvalue weighted by Crippen LogP contribution is 2.40. The molecule has 7 nitrogen and oxygen atoms in total. The van der Waals surface area contributed by atoms with E-state index in [1.165, 1.54) is 51.5 Å². The van der Waals surface area contributed by atoms with Crippen LogP contribution in [0.2, 0.25) is 0 Å². The number of aliphatic carboxylic acids is 2. The van der Waals surface area contributed by atoms with Crippen LogP contribution in [0, 0.1) is 38.7 Å². The fourth-order valence-corrected chi connectivity index (χ4v) is 10.5. The van der Waals surface area contributed by atoms with Crippen molar-refractivity contribution in [2.24, 2.45) is 0 Å². The fourth-order valence-electron chi connectivity index (χ4n) is 6.59. The Hall–Kier alpha value is -6.86. The quantitative estimate of drug-likeness (QED) is 0.0680. The Kier molecular flexibility index (Phi) is 12.7. The lowest BCUT2D eigenvalue weighted by molar-refractivity contribution is -0.133. The molecule has 7 rings (SSSR count). The summed E-state index contributed by atoms with van der Waals surface area (Å²) in [5.41, 5.74) is 8.36. The van der Waals surface area contributed by atoms with Gasteiger partial charge >= 0.3 is 11.9 Å². The molecule has 294 valence electrons. The van der Waals surface area contributed by atoms with E-state index in [0.29, 0.717) is 0 Å². The number of hydrogen-bond acceptors (Lipinski definition) is 8. The molecule has 7 aromatic rings. The van der Waals surface area contributed by atoms with Crippen LogP contribution in [-0.2, 0) is 9.59 Å². The van der Waals surface area contributed by atoms with Crippen molar-refractivity contribution in [1.82, 2.24) is 0 Å². The molecule has 0 radical (unpaired) electrons. The van der Waals surface area contributed by atoms with Crippen LogP contribution in [0.5, 0.6) is 0 Å². The van der Waals surface area contributed by atoms with Crippen molar-refractivity contribution in [1.29, 1.82) is 5.26 Å². The topological polar surface area (TPSA) is 106 Å². The number of nitrogens with zero attached hydrogens (tertiary/aromatic N) is 3. The molecule has 4 heterocycles. The van der Waals surface area contributed by atoms with Crippen molar-refractivity contribution in [3.05, 3.63) is 179 Å². The third-order valence-corrected chi connectivity index (χ3v) is 13.8. The van der Waals surface area contributed by atoms with Crippen molar-refractivity contribution in [2.75, 3.05) is 4.90 Å². The SMILES string of the molecule is [C-]#[N+]C(=Cc1ccc(-c2ccc(C=Cc3ccc(N(c4ccc(C=Cc5ccc(-c6ccc(C=C(C#N)C(=O)O)s6)s5)cc4)c4c(C)cc(C)cc4C)cc3)s2)s1)C(=O)O. The lowest BCUT2D eigenvalue weighted by Crippen LogP contribution is -2.13. The second kappa shape index (κ2) is 18.4. The number of rotatable bonds is 13. The molecule has 0 aliphatic carbocycles. The largest absolute Gasteiger partial charge is 0.486 e. The number of aryl methyl sites for hydroxylation is 3. The van der Waals surface area contributed by atoms with Gasteiger partial charge in [-0.15, -0.1) is 45.3 Å². The normalized spacial score (nSPS) is 11.9. The minimum Gasteiger partial charge on any atom is -0.486 e. The monoisotopic (exact) mass is 857 g/mol. The van der Waals surface area contributed by atoms with Crippen LogP contribution in [0.4, 0.5) is 17.1 Å². The minimum absolute atomic E-state index is 0.287. The number of thiophene rings is 4. The number of anilines is 3. The molecule has 0 saturated carbocycles. The zero-order valence-electron chi connectivity index (χ0n) is 32.5. The Labute approximate surface area is 364 Å². The van der Waals surface area contributed by atoms with Gasteiger partial charge < -0.3 is 15.1 Å². The Balaban J connectivity index is 1.08. The zero-order valence-corrected chi connectivity index (χ0v) is 35.8. The van der Waals surface area contributed by atoms with E-state index >= 15 is 0 Å². The minimum atomic E-state index is -1.23. The molecule has 3 aromatic carbocycles. The van der Waals surface area contributed by atoms with Gasteiger partial charge in [0.1, 0.15) is 11.6 Å². The first-order valence-electron chi connectivity index (χ1n) is 18.5. The maximum atomic E-state index is 11.3. The number of carbonyl (C=O) groups is 2. The average Bonchev–Trinajstić information content (AvgIpc) is 4.07. The van der Waals surface area contributed by atoms with E-state index in [4.69, 9.17) is 11.8 Å².